The Morgan fingerprint density at radius 3 is 2.20 bits per heavy atom. The van der Waals surface area contributed by atoms with Gasteiger partial charge < -0.3 is 16.0 Å². The maximum atomic E-state index is 12.5. The third-order valence-electron chi connectivity index (χ3n) is 4.52. The topological polar surface area (TPSA) is 125 Å². The minimum Gasteiger partial charge on any atom is -0.354 e. The molecule has 0 saturated carbocycles. The molecular weight excluding hydrogens is 388 g/mol. The van der Waals surface area contributed by atoms with Gasteiger partial charge >= 0.3 is 0 Å². The van der Waals surface area contributed by atoms with E-state index in [9.17, 15) is 24.0 Å². The average Bonchev–Trinajstić information content (AvgIpc) is 3.01. The molecule has 2 atom stereocenters. The molecule has 0 unspecified atom stereocenters. The van der Waals surface area contributed by atoms with Crippen LogP contribution in [0.1, 0.15) is 46.5 Å². The highest BCUT2D eigenvalue weighted by Crippen LogP contribution is 2.09. The molecule has 0 aromatic carbocycles. The van der Waals surface area contributed by atoms with Crippen molar-refractivity contribution < 1.29 is 24.0 Å². The zero-order chi connectivity index (χ0) is 22.7. The second-order valence-corrected chi connectivity index (χ2v) is 7.26. The minimum absolute atomic E-state index is 0.200. The van der Waals surface area contributed by atoms with Gasteiger partial charge in [0.1, 0.15) is 6.04 Å². The normalized spacial score (nSPS) is 15.0. The lowest BCUT2D eigenvalue weighted by molar-refractivity contribution is -0.137. The second-order valence-electron chi connectivity index (χ2n) is 7.26. The van der Waals surface area contributed by atoms with Gasteiger partial charge in [-0.25, -0.2) is 0 Å². The first-order valence-electron chi connectivity index (χ1n) is 10.1. The number of unbranched alkanes of at least 4 members (excludes halogenated alkanes) is 2. The standard InChI is InChI=1S/C21H30N4O5/c1-5-15(20(29)22-6-2)23-21(30)19(14(3)4)24-16(26)10-8-7-9-13-25-17(27)11-12-18(25)28/h1,11-12,14-15,19H,6-10,13H2,2-4H3,(H,22,29)(H,23,30)(H,24,26)/t15-,19-/m0/s1. The number of hydrogen-bond donors (Lipinski definition) is 3. The van der Waals surface area contributed by atoms with E-state index >= 15 is 0 Å². The highest BCUT2D eigenvalue weighted by molar-refractivity contribution is 6.12. The van der Waals surface area contributed by atoms with E-state index in [1.165, 1.54) is 12.2 Å². The van der Waals surface area contributed by atoms with Crippen molar-refractivity contribution in [2.24, 2.45) is 5.92 Å². The van der Waals surface area contributed by atoms with Gasteiger partial charge in [0.05, 0.1) is 0 Å². The summed E-state index contributed by atoms with van der Waals surface area (Å²) in [4.78, 5) is 60.7. The lowest BCUT2D eigenvalue weighted by Gasteiger charge is -2.23. The molecule has 0 radical (unpaired) electrons. The fourth-order valence-corrected chi connectivity index (χ4v) is 2.86. The van der Waals surface area contributed by atoms with E-state index in [0.717, 1.165) is 4.90 Å². The molecule has 3 N–H and O–H groups in total. The number of terminal acetylenes is 1. The number of rotatable bonds is 12. The van der Waals surface area contributed by atoms with Crippen molar-refractivity contribution in [2.75, 3.05) is 13.1 Å². The third kappa shape index (κ3) is 7.70. The number of carbonyl (C=O) groups excluding carboxylic acids is 5. The Bertz CT molecular complexity index is 720. The number of likely N-dealkylation sites (N-methyl/N-ethyl adjacent to an activating group) is 1. The average molecular weight is 418 g/mol. The maximum Gasteiger partial charge on any atom is 0.255 e. The first-order chi connectivity index (χ1) is 14.2. The van der Waals surface area contributed by atoms with Gasteiger partial charge in [-0.3, -0.25) is 28.9 Å². The van der Waals surface area contributed by atoms with Crippen molar-refractivity contribution in [3.05, 3.63) is 12.2 Å². The van der Waals surface area contributed by atoms with Crippen LogP contribution in [-0.4, -0.2) is 59.6 Å². The minimum atomic E-state index is -1.11. The Kier molecular flexibility index (Phi) is 10.3. The first-order valence-corrected chi connectivity index (χ1v) is 10.1. The Morgan fingerprint density at radius 2 is 1.67 bits per heavy atom. The highest BCUT2D eigenvalue weighted by atomic mass is 16.2. The van der Waals surface area contributed by atoms with E-state index in [1.54, 1.807) is 20.8 Å². The largest absolute Gasteiger partial charge is 0.354 e. The van der Waals surface area contributed by atoms with E-state index in [0.29, 0.717) is 32.4 Å². The van der Waals surface area contributed by atoms with Gasteiger partial charge in [-0.2, -0.15) is 0 Å². The zero-order valence-electron chi connectivity index (χ0n) is 17.7. The smallest absolute Gasteiger partial charge is 0.255 e. The van der Waals surface area contributed by atoms with Crippen LogP contribution >= 0.6 is 0 Å². The summed E-state index contributed by atoms with van der Waals surface area (Å²) in [6.45, 7) is 5.99. The summed E-state index contributed by atoms with van der Waals surface area (Å²) in [7, 11) is 0. The second kappa shape index (κ2) is 12.4. The van der Waals surface area contributed by atoms with Crippen LogP contribution in [0.15, 0.2) is 12.2 Å². The Balaban J connectivity index is 2.42. The van der Waals surface area contributed by atoms with Gasteiger partial charge in [0, 0.05) is 31.7 Å². The molecule has 9 nitrogen and oxygen atoms in total. The van der Waals surface area contributed by atoms with Crippen molar-refractivity contribution in [3.63, 3.8) is 0 Å². The molecule has 1 heterocycles. The third-order valence-corrected chi connectivity index (χ3v) is 4.52. The van der Waals surface area contributed by atoms with E-state index in [1.807, 2.05) is 0 Å². The van der Waals surface area contributed by atoms with Crippen LogP contribution in [0.2, 0.25) is 0 Å². The number of imide groups is 1. The van der Waals surface area contributed by atoms with E-state index in [-0.39, 0.29) is 30.1 Å². The molecule has 0 aromatic heterocycles. The maximum absolute atomic E-state index is 12.5. The summed E-state index contributed by atoms with van der Waals surface area (Å²) in [6.07, 6.45) is 9.80. The van der Waals surface area contributed by atoms with Crippen LogP contribution in [0, 0.1) is 18.3 Å². The predicted octanol–water partition coefficient (Wildman–Crippen LogP) is -0.133. The monoisotopic (exact) mass is 418 g/mol. The van der Waals surface area contributed by atoms with Crippen molar-refractivity contribution in [1.82, 2.24) is 20.9 Å². The van der Waals surface area contributed by atoms with Crippen LogP contribution < -0.4 is 16.0 Å². The van der Waals surface area contributed by atoms with Crippen molar-refractivity contribution in [3.8, 4) is 12.3 Å². The van der Waals surface area contributed by atoms with Crippen LogP contribution in [0.5, 0.6) is 0 Å². The van der Waals surface area contributed by atoms with Gasteiger partial charge in [0.25, 0.3) is 17.7 Å². The van der Waals surface area contributed by atoms with Gasteiger partial charge in [-0.05, 0) is 25.7 Å². The molecule has 0 aromatic rings. The van der Waals surface area contributed by atoms with E-state index < -0.39 is 23.9 Å². The predicted molar refractivity (Wildman–Crippen MR) is 111 cm³/mol. The van der Waals surface area contributed by atoms with Crippen LogP contribution in [-0.2, 0) is 24.0 Å². The summed E-state index contributed by atoms with van der Waals surface area (Å²) >= 11 is 0. The Morgan fingerprint density at radius 1 is 1.03 bits per heavy atom. The fraction of sp³-hybridized carbons (Fsp3) is 0.571. The molecule has 1 aliphatic heterocycles. The van der Waals surface area contributed by atoms with Crippen molar-refractivity contribution in [1.29, 1.82) is 0 Å². The molecule has 0 aliphatic carbocycles. The number of hydrogen-bond acceptors (Lipinski definition) is 5. The molecule has 0 saturated heterocycles. The van der Waals surface area contributed by atoms with Gasteiger partial charge in [0.15, 0.2) is 6.04 Å². The van der Waals surface area contributed by atoms with Crippen molar-refractivity contribution >= 4 is 29.5 Å². The fourth-order valence-electron chi connectivity index (χ4n) is 2.86. The van der Waals surface area contributed by atoms with Crippen LogP contribution in [0.4, 0.5) is 0 Å². The number of carbonyl (C=O) groups is 5. The molecule has 164 valence electrons. The summed E-state index contributed by atoms with van der Waals surface area (Å²) in [5.41, 5.74) is 0. The van der Waals surface area contributed by atoms with Gasteiger partial charge in [-0.15, -0.1) is 6.42 Å². The molecule has 9 heteroatoms. The zero-order valence-corrected chi connectivity index (χ0v) is 17.7. The summed E-state index contributed by atoms with van der Waals surface area (Å²) in [6, 6.07) is -1.94. The van der Waals surface area contributed by atoms with Crippen molar-refractivity contribution in [2.45, 2.75) is 58.5 Å². The molecule has 5 amide bonds. The molecular formula is C21H30N4O5. The van der Waals surface area contributed by atoms with Crippen LogP contribution in [0.25, 0.3) is 0 Å². The summed E-state index contributed by atoms with van der Waals surface area (Å²) in [5.74, 6) is 0.0873. The van der Waals surface area contributed by atoms with E-state index in [2.05, 4.69) is 21.9 Å². The lowest BCUT2D eigenvalue weighted by atomic mass is 10.0. The number of nitrogens with zero attached hydrogens (tertiary/aromatic N) is 1. The summed E-state index contributed by atoms with van der Waals surface area (Å²) < 4.78 is 0. The summed E-state index contributed by atoms with van der Waals surface area (Å²) in [5, 5.41) is 7.70. The Hall–Kier alpha value is -3.15. The number of amides is 5. The number of nitrogens with one attached hydrogen (secondary N) is 3. The van der Waals surface area contributed by atoms with Crippen LogP contribution in [0.3, 0.4) is 0 Å². The molecule has 1 rings (SSSR count). The molecule has 0 bridgehead atoms. The molecule has 0 fully saturated rings. The van der Waals surface area contributed by atoms with Gasteiger partial charge in [0.2, 0.25) is 11.8 Å². The molecule has 1 aliphatic rings. The highest BCUT2D eigenvalue weighted by Gasteiger charge is 2.27. The molecule has 0 spiro atoms. The van der Waals surface area contributed by atoms with Gasteiger partial charge in [-0.1, -0.05) is 26.2 Å². The Labute approximate surface area is 177 Å². The SMILES string of the molecule is C#C[C@H](NC(=O)[C@@H](NC(=O)CCCCCN1C(=O)C=CC1=O)C(C)C)C(=O)NCC. The van der Waals surface area contributed by atoms with E-state index in [4.69, 9.17) is 6.42 Å². The molecule has 30 heavy (non-hydrogen) atoms. The first kappa shape index (κ1) is 24.9. The lowest BCUT2D eigenvalue weighted by Crippen LogP contribution is -2.55. The quantitative estimate of drug-likeness (QED) is 0.231.